The monoisotopic (exact) mass is 244 g/mol. The van der Waals surface area contributed by atoms with Gasteiger partial charge in [-0.15, -0.1) is 0 Å². The first kappa shape index (κ1) is 14.4. The van der Waals surface area contributed by atoms with Crippen molar-refractivity contribution in [1.29, 1.82) is 0 Å². The van der Waals surface area contributed by atoms with E-state index in [-0.39, 0.29) is 11.9 Å². The fourth-order valence-corrected chi connectivity index (χ4v) is 1.98. The van der Waals surface area contributed by atoms with E-state index in [1.165, 1.54) is 0 Å². The minimum absolute atomic E-state index is 0.111. The molecule has 0 saturated carbocycles. The quantitative estimate of drug-likeness (QED) is 0.752. The summed E-state index contributed by atoms with van der Waals surface area (Å²) in [6, 6.07) is -0.209. The van der Waals surface area contributed by atoms with E-state index in [0.717, 1.165) is 0 Å². The number of carbonyl (C=O) groups excluding carboxylic acids is 1. The van der Waals surface area contributed by atoms with E-state index >= 15 is 0 Å². The second kappa shape index (κ2) is 5.80. The second-order valence-electron chi connectivity index (χ2n) is 5.34. The average molecular weight is 244 g/mol. The molecule has 0 radical (unpaired) electrons. The van der Waals surface area contributed by atoms with Gasteiger partial charge in [-0.05, 0) is 27.8 Å². The van der Waals surface area contributed by atoms with E-state index in [0.29, 0.717) is 32.8 Å². The lowest BCUT2D eigenvalue weighted by Crippen LogP contribution is -2.52. The Morgan fingerprint density at radius 3 is 2.47 bits per heavy atom. The molecule has 0 spiro atoms. The minimum Gasteiger partial charge on any atom is -0.389 e. The van der Waals surface area contributed by atoms with Crippen LogP contribution in [-0.4, -0.2) is 72.4 Å². The molecule has 1 N–H and O–H groups in total. The number of carbonyl (C=O) groups is 1. The third-order valence-corrected chi connectivity index (χ3v) is 2.98. The number of rotatable bonds is 4. The molecule has 1 heterocycles. The molecule has 1 amide bonds. The standard InChI is InChI=1S/C12H24N2O3/c1-10(13(4)9-12(2,3)16)11(15)14-5-7-17-8-6-14/h10,16H,5-9H2,1-4H3. The van der Waals surface area contributed by atoms with Crippen LogP contribution in [0.4, 0.5) is 0 Å². The Balaban J connectivity index is 2.50. The molecule has 5 nitrogen and oxygen atoms in total. The van der Waals surface area contributed by atoms with E-state index in [1.54, 1.807) is 13.8 Å². The Bertz CT molecular complexity index is 257. The van der Waals surface area contributed by atoms with E-state index in [2.05, 4.69) is 0 Å². The van der Waals surface area contributed by atoms with Gasteiger partial charge in [0, 0.05) is 19.6 Å². The summed E-state index contributed by atoms with van der Waals surface area (Å²) in [5, 5.41) is 9.74. The van der Waals surface area contributed by atoms with Gasteiger partial charge in [-0.25, -0.2) is 0 Å². The number of amides is 1. The topological polar surface area (TPSA) is 53.0 Å². The molecule has 17 heavy (non-hydrogen) atoms. The van der Waals surface area contributed by atoms with Gasteiger partial charge in [0.2, 0.25) is 5.91 Å². The van der Waals surface area contributed by atoms with Gasteiger partial charge in [0.05, 0.1) is 24.9 Å². The lowest BCUT2D eigenvalue weighted by atomic mass is 10.1. The smallest absolute Gasteiger partial charge is 0.239 e. The van der Waals surface area contributed by atoms with E-state index in [4.69, 9.17) is 4.74 Å². The molecule has 0 aromatic rings. The van der Waals surface area contributed by atoms with Gasteiger partial charge in [-0.1, -0.05) is 0 Å². The SMILES string of the molecule is CC(C(=O)N1CCOCC1)N(C)CC(C)(C)O. The number of nitrogens with zero attached hydrogens (tertiary/aromatic N) is 2. The van der Waals surface area contributed by atoms with Crippen LogP contribution >= 0.6 is 0 Å². The molecule has 1 fully saturated rings. The van der Waals surface area contributed by atoms with Crippen molar-refractivity contribution < 1.29 is 14.6 Å². The Kier molecular flexibility index (Phi) is 4.91. The first-order valence-electron chi connectivity index (χ1n) is 6.10. The Morgan fingerprint density at radius 2 is 2.00 bits per heavy atom. The van der Waals surface area contributed by atoms with Crippen LogP contribution in [0.15, 0.2) is 0 Å². The van der Waals surface area contributed by atoms with Gasteiger partial charge in [0.1, 0.15) is 0 Å². The fourth-order valence-electron chi connectivity index (χ4n) is 1.98. The third-order valence-electron chi connectivity index (χ3n) is 2.98. The summed E-state index contributed by atoms with van der Waals surface area (Å²) < 4.78 is 5.22. The minimum atomic E-state index is -0.783. The van der Waals surface area contributed by atoms with E-state index < -0.39 is 5.60 Å². The molecule has 1 aliphatic rings. The average Bonchev–Trinajstić information content (AvgIpc) is 2.26. The third kappa shape index (κ3) is 4.61. The van der Waals surface area contributed by atoms with Crippen molar-refractivity contribution in [2.75, 3.05) is 39.9 Å². The van der Waals surface area contributed by atoms with Crippen LogP contribution in [0, 0.1) is 0 Å². The fraction of sp³-hybridized carbons (Fsp3) is 0.917. The summed E-state index contributed by atoms with van der Waals surface area (Å²) >= 11 is 0. The zero-order chi connectivity index (χ0) is 13.1. The summed E-state index contributed by atoms with van der Waals surface area (Å²) in [5.74, 6) is 0.111. The first-order chi connectivity index (χ1) is 7.81. The molecule has 1 aliphatic heterocycles. The Morgan fingerprint density at radius 1 is 1.47 bits per heavy atom. The van der Waals surface area contributed by atoms with Gasteiger partial charge in [0.15, 0.2) is 0 Å². The van der Waals surface area contributed by atoms with Crippen molar-refractivity contribution in [3.8, 4) is 0 Å². The van der Waals surface area contributed by atoms with Crippen molar-refractivity contribution in [2.45, 2.75) is 32.4 Å². The highest BCUT2D eigenvalue weighted by Gasteiger charge is 2.27. The van der Waals surface area contributed by atoms with Crippen molar-refractivity contribution in [1.82, 2.24) is 9.80 Å². The molecule has 1 unspecified atom stereocenters. The van der Waals surface area contributed by atoms with Crippen LogP contribution in [0.5, 0.6) is 0 Å². The summed E-state index contributed by atoms with van der Waals surface area (Å²) in [6.07, 6.45) is 0. The van der Waals surface area contributed by atoms with E-state index in [9.17, 15) is 9.90 Å². The highest BCUT2D eigenvalue weighted by molar-refractivity contribution is 5.81. The number of ether oxygens (including phenoxy) is 1. The normalized spacial score (nSPS) is 19.5. The molecular formula is C12H24N2O3. The second-order valence-corrected chi connectivity index (χ2v) is 5.34. The predicted octanol–water partition coefficient (Wildman–Crippen LogP) is -0.0636. The first-order valence-corrected chi connectivity index (χ1v) is 6.10. The molecule has 1 rings (SSSR count). The number of hydrogen-bond donors (Lipinski definition) is 1. The highest BCUT2D eigenvalue weighted by Crippen LogP contribution is 2.09. The molecule has 5 heteroatoms. The molecule has 0 aromatic heterocycles. The lowest BCUT2D eigenvalue weighted by molar-refractivity contribution is -0.140. The van der Waals surface area contributed by atoms with Crippen LogP contribution in [0.25, 0.3) is 0 Å². The van der Waals surface area contributed by atoms with Gasteiger partial charge in [-0.3, -0.25) is 9.69 Å². The molecular weight excluding hydrogens is 220 g/mol. The molecule has 100 valence electrons. The van der Waals surface area contributed by atoms with Crippen molar-refractivity contribution in [3.05, 3.63) is 0 Å². The maximum atomic E-state index is 12.2. The number of aliphatic hydroxyl groups is 1. The number of likely N-dealkylation sites (N-methyl/N-ethyl adjacent to an activating group) is 1. The number of hydrogen-bond acceptors (Lipinski definition) is 4. The van der Waals surface area contributed by atoms with Crippen LogP contribution in [0.3, 0.4) is 0 Å². The molecule has 0 aromatic carbocycles. The van der Waals surface area contributed by atoms with Crippen LogP contribution < -0.4 is 0 Å². The molecule has 0 bridgehead atoms. The van der Waals surface area contributed by atoms with Gasteiger partial charge >= 0.3 is 0 Å². The molecule has 1 atom stereocenters. The maximum Gasteiger partial charge on any atom is 0.239 e. The van der Waals surface area contributed by atoms with Crippen molar-refractivity contribution in [2.24, 2.45) is 0 Å². The van der Waals surface area contributed by atoms with E-state index in [1.807, 2.05) is 23.8 Å². The molecule has 1 saturated heterocycles. The Labute approximate surface area is 103 Å². The Hall–Kier alpha value is -0.650. The predicted molar refractivity (Wildman–Crippen MR) is 65.8 cm³/mol. The van der Waals surface area contributed by atoms with Gasteiger partial charge in [-0.2, -0.15) is 0 Å². The summed E-state index contributed by atoms with van der Waals surface area (Å²) in [7, 11) is 1.86. The zero-order valence-electron chi connectivity index (χ0n) is 11.3. The largest absolute Gasteiger partial charge is 0.389 e. The number of morpholine rings is 1. The van der Waals surface area contributed by atoms with Crippen molar-refractivity contribution in [3.63, 3.8) is 0 Å². The van der Waals surface area contributed by atoms with Gasteiger partial charge in [0.25, 0.3) is 0 Å². The highest BCUT2D eigenvalue weighted by atomic mass is 16.5. The summed E-state index contributed by atoms with van der Waals surface area (Å²) in [5.41, 5.74) is -0.783. The zero-order valence-corrected chi connectivity index (χ0v) is 11.3. The lowest BCUT2D eigenvalue weighted by Gasteiger charge is -2.34. The summed E-state index contributed by atoms with van der Waals surface area (Å²) in [4.78, 5) is 15.9. The van der Waals surface area contributed by atoms with Crippen LogP contribution in [0.1, 0.15) is 20.8 Å². The van der Waals surface area contributed by atoms with Gasteiger partial charge < -0.3 is 14.7 Å². The maximum absolute atomic E-state index is 12.2. The van der Waals surface area contributed by atoms with Crippen LogP contribution in [-0.2, 0) is 9.53 Å². The summed E-state index contributed by atoms with van der Waals surface area (Å²) in [6.45, 7) is 8.42. The van der Waals surface area contributed by atoms with Crippen molar-refractivity contribution >= 4 is 5.91 Å². The van der Waals surface area contributed by atoms with Crippen LogP contribution in [0.2, 0.25) is 0 Å². The molecule has 0 aliphatic carbocycles.